The number of esters is 1. The topological polar surface area (TPSA) is 26.3 Å². The minimum atomic E-state index is -0.481. The molecular weight excluding hydrogens is 351 g/mol. The van der Waals surface area contributed by atoms with Crippen LogP contribution in [0.5, 0.6) is 0 Å². The van der Waals surface area contributed by atoms with Gasteiger partial charge in [-0.3, -0.25) is 4.79 Å². The van der Waals surface area contributed by atoms with Gasteiger partial charge in [-0.1, -0.05) is 63.2 Å². The number of carbonyl (C=O) groups excluding carboxylic acids is 1. The van der Waals surface area contributed by atoms with E-state index in [1.54, 1.807) is 13.0 Å². The Kier molecular flexibility index (Phi) is 4.60. The third-order valence-corrected chi connectivity index (χ3v) is 7.90. The molecule has 0 heterocycles. The number of hydrogen-bond acceptors (Lipinski definition) is 2. The number of benzene rings is 2. The summed E-state index contributed by atoms with van der Waals surface area (Å²) < 4.78 is 20.7. The zero-order chi connectivity index (χ0) is 20.1. The Balaban J connectivity index is 1.50. The Morgan fingerprint density at radius 1 is 1.14 bits per heavy atom. The van der Waals surface area contributed by atoms with Crippen LogP contribution in [-0.4, -0.2) is 12.1 Å². The van der Waals surface area contributed by atoms with Gasteiger partial charge in [0.15, 0.2) is 0 Å². The second-order valence-electron chi connectivity index (χ2n) is 9.36. The lowest BCUT2D eigenvalue weighted by atomic mass is 9.70. The Morgan fingerprint density at radius 2 is 1.86 bits per heavy atom. The summed E-state index contributed by atoms with van der Waals surface area (Å²) in [5, 5.41) is 0. The molecule has 3 unspecified atom stereocenters. The van der Waals surface area contributed by atoms with Gasteiger partial charge in [-0.15, -0.1) is 0 Å². The fourth-order valence-electron chi connectivity index (χ4n) is 5.34. The highest BCUT2D eigenvalue weighted by Gasteiger charge is 2.62. The van der Waals surface area contributed by atoms with E-state index >= 15 is 0 Å². The van der Waals surface area contributed by atoms with E-state index in [1.807, 2.05) is 36.4 Å². The van der Waals surface area contributed by atoms with Gasteiger partial charge >= 0.3 is 5.97 Å². The molecule has 28 heavy (non-hydrogen) atoms. The average molecular weight is 381 g/mol. The van der Waals surface area contributed by atoms with Gasteiger partial charge in [-0.25, -0.2) is 4.39 Å². The second-order valence-corrected chi connectivity index (χ2v) is 9.36. The zero-order valence-electron chi connectivity index (χ0n) is 17.2. The maximum atomic E-state index is 14.7. The molecule has 2 saturated carbocycles. The highest BCUT2D eigenvalue weighted by atomic mass is 19.1. The highest BCUT2D eigenvalue weighted by molar-refractivity contribution is 5.78. The zero-order valence-corrected chi connectivity index (χ0v) is 17.2. The van der Waals surface area contributed by atoms with Crippen molar-refractivity contribution in [1.29, 1.82) is 0 Å². The first kappa shape index (κ1) is 19.2. The molecule has 2 aliphatic rings. The van der Waals surface area contributed by atoms with Crippen LogP contribution in [-0.2, 0) is 9.53 Å². The van der Waals surface area contributed by atoms with Crippen molar-refractivity contribution in [3.8, 4) is 11.1 Å². The molecule has 0 spiro atoms. The molecule has 0 aromatic heterocycles. The van der Waals surface area contributed by atoms with Gasteiger partial charge < -0.3 is 4.74 Å². The standard InChI is InChI=1S/C25H29FO2/c1-16(18-10-11-20(21(26)14-18)17-8-6-5-7-9-17)23(27)28-22-15-19-12-13-25(22,4)24(19,2)3/h5-11,14,16,19,22H,12-13,15H2,1-4H3/t16?,19?,22-,25?/m1/s1. The summed E-state index contributed by atoms with van der Waals surface area (Å²) in [7, 11) is 0. The van der Waals surface area contributed by atoms with Crippen molar-refractivity contribution in [3.63, 3.8) is 0 Å². The molecule has 148 valence electrons. The summed E-state index contributed by atoms with van der Waals surface area (Å²) in [5.41, 5.74) is 2.28. The van der Waals surface area contributed by atoms with Crippen LogP contribution >= 0.6 is 0 Å². The van der Waals surface area contributed by atoms with Crippen LogP contribution in [0.15, 0.2) is 48.5 Å². The van der Waals surface area contributed by atoms with E-state index in [1.165, 1.54) is 12.5 Å². The van der Waals surface area contributed by atoms with Crippen molar-refractivity contribution in [2.75, 3.05) is 0 Å². The maximum absolute atomic E-state index is 14.7. The Hall–Kier alpha value is -2.16. The molecule has 2 aromatic carbocycles. The van der Waals surface area contributed by atoms with Gasteiger partial charge in [0.25, 0.3) is 0 Å². The smallest absolute Gasteiger partial charge is 0.313 e. The van der Waals surface area contributed by atoms with Crippen LogP contribution in [0.3, 0.4) is 0 Å². The van der Waals surface area contributed by atoms with Crippen LogP contribution in [0.4, 0.5) is 4.39 Å². The molecule has 2 fully saturated rings. The van der Waals surface area contributed by atoms with Crippen molar-refractivity contribution >= 4 is 5.97 Å². The molecule has 2 bridgehead atoms. The number of halogens is 1. The third-order valence-electron chi connectivity index (χ3n) is 7.90. The number of fused-ring (bicyclic) bond motifs is 2. The van der Waals surface area contributed by atoms with E-state index in [2.05, 4.69) is 20.8 Å². The van der Waals surface area contributed by atoms with Crippen LogP contribution in [0.25, 0.3) is 11.1 Å². The quantitative estimate of drug-likeness (QED) is 0.577. The minimum Gasteiger partial charge on any atom is -0.461 e. The molecule has 2 aliphatic carbocycles. The molecule has 2 nitrogen and oxygen atoms in total. The van der Waals surface area contributed by atoms with Crippen molar-refractivity contribution in [1.82, 2.24) is 0 Å². The van der Waals surface area contributed by atoms with Gasteiger partial charge in [0.1, 0.15) is 11.9 Å². The van der Waals surface area contributed by atoms with E-state index < -0.39 is 5.92 Å². The number of rotatable bonds is 4. The molecular formula is C25H29FO2. The summed E-state index contributed by atoms with van der Waals surface area (Å²) in [6.07, 6.45) is 3.24. The summed E-state index contributed by atoms with van der Waals surface area (Å²) in [4.78, 5) is 12.9. The first-order chi connectivity index (χ1) is 13.2. The van der Waals surface area contributed by atoms with E-state index in [9.17, 15) is 9.18 Å². The first-order valence-electron chi connectivity index (χ1n) is 10.3. The van der Waals surface area contributed by atoms with Crippen LogP contribution in [0.2, 0.25) is 0 Å². The van der Waals surface area contributed by atoms with Crippen molar-refractivity contribution in [2.45, 2.75) is 59.0 Å². The molecule has 0 radical (unpaired) electrons. The summed E-state index contributed by atoms with van der Waals surface area (Å²) in [6, 6.07) is 14.5. The monoisotopic (exact) mass is 380 g/mol. The Labute approximate surface area is 167 Å². The van der Waals surface area contributed by atoms with Crippen molar-refractivity contribution in [3.05, 3.63) is 59.9 Å². The highest BCUT2D eigenvalue weighted by Crippen LogP contribution is 2.66. The van der Waals surface area contributed by atoms with Gasteiger partial charge in [0, 0.05) is 11.0 Å². The lowest BCUT2D eigenvalue weighted by Crippen LogP contribution is -2.39. The molecule has 0 saturated heterocycles. The summed E-state index contributed by atoms with van der Waals surface area (Å²) in [5.74, 6) is -0.420. The van der Waals surface area contributed by atoms with Gasteiger partial charge in [0.05, 0.1) is 5.92 Å². The van der Waals surface area contributed by atoms with E-state index in [4.69, 9.17) is 4.74 Å². The van der Waals surface area contributed by atoms with Crippen molar-refractivity contribution < 1.29 is 13.9 Å². The van der Waals surface area contributed by atoms with Crippen LogP contribution < -0.4 is 0 Å². The summed E-state index contributed by atoms with van der Waals surface area (Å²) in [6.45, 7) is 8.68. The predicted octanol–water partition coefficient (Wildman–Crippen LogP) is 6.35. The van der Waals surface area contributed by atoms with E-state index in [-0.39, 0.29) is 28.7 Å². The average Bonchev–Trinajstić information content (AvgIpc) is 3.01. The SMILES string of the molecule is CC(C(=O)O[C@@H]1CC2CCC1(C)C2(C)C)c1ccc(-c2ccccc2)c(F)c1. The molecule has 4 rings (SSSR count). The first-order valence-corrected chi connectivity index (χ1v) is 10.3. The summed E-state index contributed by atoms with van der Waals surface area (Å²) >= 11 is 0. The predicted molar refractivity (Wildman–Crippen MR) is 109 cm³/mol. The van der Waals surface area contributed by atoms with E-state index in [0.717, 1.165) is 18.4 Å². The second kappa shape index (κ2) is 6.72. The normalized spacial score (nSPS) is 28.9. The van der Waals surface area contributed by atoms with Crippen LogP contribution in [0.1, 0.15) is 58.4 Å². The lowest BCUT2D eigenvalue weighted by molar-refractivity contribution is -0.158. The fraction of sp³-hybridized carbons (Fsp3) is 0.480. The molecule has 3 heteroatoms. The third kappa shape index (κ3) is 2.87. The van der Waals surface area contributed by atoms with Crippen LogP contribution in [0, 0.1) is 22.6 Å². The Bertz CT molecular complexity index is 889. The minimum absolute atomic E-state index is 0.0372. The number of ether oxygens (including phenoxy) is 1. The number of carbonyl (C=O) groups is 1. The molecule has 0 amide bonds. The van der Waals surface area contributed by atoms with Gasteiger partial charge in [0.2, 0.25) is 0 Å². The Morgan fingerprint density at radius 3 is 2.43 bits per heavy atom. The fourth-order valence-corrected chi connectivity index (χ4v) is 5.34. The largest absolute Gasteiger partial charge is 0.461 e. The molecule has 2 aromatic rings. The van der Waals surface area contributed by atoms with Gasteiger partial charge in [-0.05, 0) is 54.7 Å². The molecule has 0 N–H and O–H groups in total. The molecule has 0 aliphatic heterocycles. The van der Waals surface area contributed by atoms with Crippen molar-refractivity contribution in [2.24, 2.45) is 16.7 Å². The molecule has 4 atom stereocenters. The number of hydrogen-bond donors (Lipinski definition) is 0. The van der Waals surface area contributed by atoms with E-state index in [0.29, 0.717) is 17.0 Å². The van der Waals surface area contributed by atoms with Gasteiger partial charge in [-0.2, -0.15) is 0 Å². The maximum Gasteiger partial charge on any atom is 0.313 e. The lowest BCUT2D eigenvalue weighted by Gasteiger charge is -2.38.